The van der Waals surface area contributed by atoms with Gasteiger partial charge in [0.05, 0.1) is 17.9 Å². The molecule has 0 unspecified atom stereocenters. The molecule has 0 radical (unpaired) electrons. The van der Waals surface area contributed by atoms with Gasteiger partial charge in [0.1, 0.15) is 6.04 Å². The molecule has 134 valence electrons. The summed E-state index contributed by atoms with van der Waals surface area (Å²) in [6.45, 7) is 4.51. The number of hydrogen-bond donors (Lipinski definition) is 0. The summed E-state index contributed by atoms with van der Waals surface area (Å²) in [5.74, 6) is 0.0247. The molecule has 4 rings (SSSR count). The van der Waals surface area contributed by atoms with Gasteiger partial charge in [0, 0.05) is 11.1 Å². The van der Waals surface area contributed by atoms with Crippen LogP contribution in [0, 0.1) is 6.92 Å². The lowest BCUT2D eigenvalue weighted by molar-refractivity contribution is -0.119. The maximum Gasteiger partial charge on any atom is 0.251 e. The Balaban J connectivity index is 1.84. The van der Waals surface area contributed by atoms with Gasteiger partial charge in [0.25, 0.3) is 5.91 Å². The predicted octanol–water partition coefficient (Wildman–Crippen LogP) is 4.77. The fourth-order valence-corrected chi connectivity index (χ4v) is 3.52. The summed E-state index contributed by atoms with van der Waals surface area (Å²) in [5, 5.41) is 0. The Labute approximate surface area is 160 Å². The highest BCUT2D eigenvalue weighted by molar-refractivity contribution is 6.20. The van der Waals surface area contributed by atoms with E-state index in [1.807, 2.05) is 72.5 Å². The zero-order valence-electron chi connectivity index (χ0n) is 15.6. The third kappa shape index (κ3) is 3.28. The molecular formula is C24H22N2O. The molecule has 3 aromatic carbocycles. The lowest BCUT2D eigenvalue weighted by atomic mass is 10.00. The summed E-state index contributed by atoms with van der Waals surface area (Å²) < 4.78 is 0. The minimum Gasteiger partial charge on any atom is -0.305 e. The summed E-state index contributed by atoms with van der Waals surface area (Å²) in [4.78, 5) is 19.9. The standard InChI is InChI=1S/C24H22N2O/c1-17-10-6-7-13-20(17)16-26-22-15-9-8-14-21(22)23(25-18(2)24(26)27)19-11-4-3-5-12-19/h3-15,18H,16H2,1-2H3/t18-/m1/s1. The van der Waals surface area contributed by atoms with E-state index in [0.29, 0.717) is 6.54 Å². The molecule has 3 nitrogen and oxygen atoms in total. The van der Waals surface area contributed by atoms with Crippen LogP contribution in [0.4, 0.5) is 5.69 Å². The molecule has 3 aromatic rings. The van der Waals surface area contributed by atoms with Crippen LogP contribution in [0.3, 0.4) is 0 Å². The molecule has 0 saturated carbocycles. The van der Waals surface area contributed by atoms with Crippen molar-refractivity contribution >= 4 is 17.3 Å². The number of fused-ring (bicyclic) bond motifs is 1. The van der Waals surface area contributed by atoms with Gasteiger partial charge >= 0.3 is 0 Å². The second-order valence-corrected chi connectivity index (χ2v) is 6.89. The van der Waals surface area contributed by atoms with Crippen LogP contribution in [0.2, 0.25) is 0 Å². The minimum absolute atomic E-state index is 0.0247. The fraction of sp³-hybridized carbons (Fsp3) is 0.167. The smallest absolute Gasteiger partial charge is 0.251 e. The second-order valence-electron chi connectivity index (χ2n) is 6.89. The number of aryl methyl sites for hydroxylation is 1. The van der Waals surface area contributed by atoms with Gasteiger partial charge in [0.2, 0.25) is 0 Å². The molecule has 3 heteroatoms. The zero-order valence-corrected chi connectivity index (χ0v) is 15.6. The fourth-order valence-electron chi connectivity index (χ4n) is 3.52. The first-order valence-corrected chi connectivity index (χ1v) is 9.23. The molecule has 27 heavy (non-hydrogen) atoms. The molecule has 1 aliphatic rings. The second kappa shape index (κ2) is 7.20. The Bertz CT molecular complexity index is 1010. The van der Waals surface area contributed by atoms with Crippen LogP contribution in [-0.2, 0) is 11.3 Å². The van der Waals surface area contributed by atoms with E-state index in [2.05, 4.69) is 25.1 Å². The molecule has 0 bridgehead atoms. The molecule has 0 saturated heterocycles. The van der Waals surface area contributed by atoms with Crippen molar-refractivity contribution in [2.45, 2.75) is 26.4 Å². The van der Waals surface area contributed by atoms with E-state index in [9.17, 15) is 4.79 Å². The number of nitrogens with zero attached hydrogens (tertiary/aromatic N) is 2. The van der Waals surface area contributed by atoms with Crippen LogP contribution in [0.25, 0.3) is 0 Å². The predicted molar refractivity (Wildman–Crippen MR) is 110 cm³/mol. The third-order valence-electron chi connectivity index (χ3n) is 5.03. The summed E-state index contributed by atoms with van der Waals surface area (Å²) in [5.41, 5.74) is 6.15. The van der Waals surface area contributed by atoms with Crippen molar-refractivity contribution in [1.29, 1.82) is 0 Å². The average Bonchev–Trinajstić information content (AvgIpc) is 2.81. The normalized spacial score (nSPS) is 16.5. The van der Waals surface area contributed by atoms with Crippen molar-refractivity contribution in [1.82, 2.24) is 0 Å². The molecule has 0 fully saturated rings. The summed E-state index contributed by atoms with van der Waals surface area (Å²) in [6, 6.07) is 25.9. The number of aliphatic imine (C=N–C) groups is 1. The number of carbonyl (C=O) groups is 1. The number of carbonyl (C=O) groups excluding carboxylic acids is 1. The van der Waals surface area contributed by atoms with Gasteiger partial charge in [0.15, 0.2) is 0 Å². The Hall–Kier alpha value is -3.20. The molecule has 0 spiro atoms. The summed E-state index contributed by atoms with van der Waals surface area (Å²) in [7, 11) is 0. The van der Waals surface area contributed by atoms with E-state index in [-0.39, 0.29) is 5.91 Å². The first-order valence-electron chi connectivity index (χ1n) is 9.23. The Kier molecular flexibility index (Phi) is 4.59. The molecule has 1 amide bonds. The molecule has 1 atom stereocenters. The number of para-hydroxylation sites is 1. The van der Waals surface area contributed by atoms with Gasteiger partial charge in [-0.15, -0.1) is 0 Å². The summed E-state index contributed by atoms with van der Waals surface area (Å²) in [6.07, 6.45) is 0. The molecule has 0 aromatic heterocycles. The number of rotatable bonds is 3. The van der Waals surface area contributed by atoms with Gasteiger partial charge in [-0.2, -0.15) is 0 Å². The van der Waals surface area contributed by atoms with Crippen molar-refractivity contribution in [2.75, 3.05) is 4.90 Å². The third-order valence-corrected chi connectivity index (χ3v) is 5.03. The zero-order chi connectivity index (χ0) is 18.8. The lowest BCUT2D eigenvalue weighted by Crippen LogP contribution is -2.36. The highest BCUT2D eigenvalue weighted by Gasteiger charge is 2.29. The van der Waals surface area contributed by atoms with E-state index in [1.54, 1.807) is 0 Å². The first kappa shape index (κ1) is 17.2. The van der Waals surface area contributed by atoms with Crippen LogP contribution in [0.5, 0.6) is 0 Å². The van der Waals surface area contributed by atoms with Crippen molar-refractivity contribution in [3.63, 3.8) is 0 Å². The van der Waals surface area contributed by atoms with Crippen LogP contribution in [-0.4, -0.2) is 17.7 Å². The van der Waals surface area contributed by atoms with Gasteiger partial charge in [-0.1, -0.05) is 72.8 Å². The van der Waals surface area contributed by atoms with E-state index in [1.165, 1.54) is 5.56 Å². The van der Waals surface area contributed by atoms with Gasteiger partial charge in [-0.25, -0.2) is 0 Å². The van der Waals surface area contributed by atoms with Crippen LogP contribution < -0.4 is 4.90 Å². The number of benzodiazepines with no additional fused rings is 1. The van der Waals surface area contributed by atoms with Crippen LogP contribution in [0.15, 0.2) is 83.9 Å². The van der Waals surface area contributed by atoms with Gasteiger partial charge in [-0.05, 0) is 31.0 Å². The minimum atomic E-state index is -0.434. The van der Waals surface area contributed by atoms with E-state index in [0.717, 1.165) is 28.1 Å². The van der Waals surface area contributed by atoms with Gasteiger partial charge in [-0.3, -0.25) is 9.79 Å². The largest absolute Gasteiger partial charge is 0.305 e. The van der Waals surface area contributed by atoms with E-state index < -0.39 is 6.04 Å². The maximum absolute atomic E-state index is 13.2. The van der Waals surface area contributed by atoms with Crippen molar-refractivity contribution < 1.29 is 4.79 Å². The van der Waals surface area contributed by atoms with Crippen LogP contribution >= 0.6 is 0 Å². The van der Waals surface area contributed by atoms with Crippen molar-refractivity contribution in [2.24, 2.45) is 4.99 Å². The molecule has 0 N–H and O–H groups in total. The Morgan fingerprint density at radius 3 is 2.33 bits per heavy atom. The van der Waals surface area contributed by atoms with Gasteiger partial charge < -0.3 is 4.90 Å². The SMILES string of the molecule is Cc1ccccc1CN1C(=O)[C@@H](C)N=C(c2ccccc2)c2ccccc21. The molecule has 0 aliphatic carbocycles. The molecular weight excluding hydrogens is 332 g/mol. The van der Waals surface area contributed by atoms with E-state index >= 15 is 0 Å². The lowest BCUT2D eigenvalue weighted by Gasteiger charge is -2.25. The highest BCUT2D eigenvalue weighted by atomic mass is 16.2. The Morgan fingerprint density at radius 1 is 0.889 bits per heavy atom. The number of hydrogen-bond acceptors (Lipinski definition) is 2. The summed E-state index contributed by atoms with van der Waals surface area (Å²) >= 11 is 0. The maximum atomic E-state index is 13.2. The van der Waals surface area contributed by atoms with E-state index in [4.69, 9.17) is 4.99 Å². The average molecular weight is 354 g/mol. The number of amides is 1. The topological polar surface area (TPSA) is 32.7 Å². The Morgan fingerprint density at radius 2 is 1.56 bits per heavy atom. The number of anilines is 1. The number of benzene rings is 3. The van der Waals surface area contributed by atoms with Crippen molar-refractivity contribution in [3.8, 4) is 0 Å². The first-order chi connectivity index (χ1) is 13.1. The monoisotopic (exact) mass is 354 g/mol. The molecule has 1 aliphatic heterocycles. The molecule has 1 heterocycles. The van der Waals surface area contributed by atoms with Crippen LogP contribution in [0.1, 0.15) is 29.2 Å². The quantitative estimate of drug-likeness (QED) is 0.667. The van der Waals surface area contributed by atoms with Crippen molar-refractivity contribution in [3.05, 3.63) is 101 Å². The highest BCUT2D eigenvalue weighted by Crippen LogP contribution is 2.30.